The number of fused-ring (bicyclic) bond motifs is 5. The van der Waals surface area contributed by atoms with Crippen molar-refractivity contribution in [2.75, 3.05) is 52.8 Å². The van der Waals surface area contributed by atoms with Crippen LogP contribution in [0.4, 0.5) is 4.79 Å². The van der Waals surface area contributed by atoms with Crippen LogP contribution in [-0.4, -0.2) is 71.0 Å². The van der Waals surface area contributed by atoms with Gasteiger partial charge in [-0.1, -0.05) is 86.3 Å². The van der Waals surface area contributed by atoms with Gasteiger partial charge in [-0.25, -0.2) is 4.79 Å². The van der Waals surface area contributed by atoms with Gasteiger partial charge in [0.25, 0.3) is 0 Å². The summed E-state index contributed by atoms with van der Waals surface area (Å²) in [7, 11) is 0. The van der Waals surface area contributed by atoms with Crippen molar-refractivity contribution in [1.82, 2.24) is 5.32 Å². The molecule has 0 aromatic rings. The molecule has 4 rings (SSSR count). The first kappa shape index (κ1) is 41.1. The first-order valence-electron chi connectivity index (χ1n) is 20.3. The molecule has 0 saturated heterocycles. The predicted molar refractivity (Wildman–Crippen MR) is 199 cm³/mol. The molecule has 3 saturated carbocycles. The molecule has 0 aromatic carbocycles. The first-order chi connectivity index (χ1) is 23.7. The SMILES string of the molecule is CC(C)CCC[C@@H](C)[C@H]1CC[C@H]2[C@@H]3CC=C4C[C@@H](OC(=O)OCCOCCOCCOCCNC(=O)CC(C)(C)C)CC[C@]4(C)[C@H]3CC[C@]12C. The molecule has 0 heterocycles. The Labute approximate surface area is 304 Å². The highest BCUT2D eigenvalue weighted by Crippen LogP contribution is 2.67. The van der Waals surface area contributed by atoms with Crippen molar-refractivity contribution in [3.05, 3.63) is 11.6 Å². The Kier molecular flexibility index (Phi) is 15.6. The van der Waals surface area contributed by atoms with Crippen LogP contribution in [-0.2, 0) is 28.5 Å². The maximum Gasteiger partial charge on any atom is 0.508 e. The van der Waals surface area contributed by atoms with Crippen molar-refractivity contribution < 1.29 is 33.3 Å². The number of nitrogens with one attached hydrogen (secondary N) is 1. The van der Waals surface area contributed by atoms with Crippen molar-refractivity contribution in [2.24, 2.45) is 51.8 Å². The van der Waals surface area contributed by atoms with Crippen LogP contribution in [0.2, 0.25) is 0 Å². The summed E-state index contributed by atoms with van der Waals surface area (Å²) in [6.07, 6.45) is 16.1. The highest BCUT2D eigenvalue weighted by Gasteiger charge is 2.59. The van der Waals surface area contributed by atoms with Crippen molar-refractivity contribution in [3.63, 3.8) is 0 Å². The maximum atomic E-state index is 12.5. The quantitative estimate of drug-likeness (QED) is 0.0815. The summed E-state index contributed by atoms with van der Waals surface area (Å²) in [6.45, 7) is 21.8. The molecule has 8 atom stereocenters. The van der Waals surface area contributed by atoms with E-state index in [2.05, 4.69) is 46.0 Å². The van der Waals surface area contributed by atoms with Gasteiger partial charge in [0.05, 0.1) is 39.6 Å². The minimum absolute atomic E-state index is 0.0184. The highest BCUT2D eigenvalue weighted by atomic mass is 16.7. The molecule has 8 heteroatoms. The van der Waals surface area contributed by atoms with Gasteiger partial charge in [-0.2, -0.15) is 0 Å². The third-order valence-electron chi connectivity index (χ3n) is 13.0. The van der Waals surface area contributed by atoms with Gasteiger partial charge in [0.2, 0.25) is 5.91 Å². The molecular formula is C42H73NO7. The molecule has 1 N–H and O–H groups in total. The van der Waals surface area contributed by atoms with Gasteiger partial charge in [-0.05, 0) is 96.7 Å². The van der Waals surface area contributed by atoms with Crippen LogP contribution >= 0.6 is 0 Å². The van der Waals surface area contributed by atoms with Crippen LogP contribution in [0.5, 0.6) is 0 Å². The van der Waals surface area contributed by atoms with E-state index >= 15 is 0 Å². The molecule has 0 radical (unpaired) electrons. The summed E-state index contributed by atoms with van der Waals surface area (Å²) in [5, 5.41) is 2.87. The summed E-state index contributed by atoms with van der Waals surface area (Å²) in [6, 6.07) is 0. The van der Waals surface area contributed by atoms with E-state index in [1.165, 1.54) is 56.9 Å². The van der Waals surface area contributed by atoms with Crippen molar-refractivity contribution >= 4 is 12.1 Å². The summed E-state index contributed by atoms with van der Waals surface area (Å²) >= 11 is 0. The zero-order valence-corrected chi connectivity index (χ0v) is 33.1. The van der Waals surface area contributed by atoms with Gasteiger partial charge in [0.1, 0.15) is 12.7 Å². The van der Waals surface area contributed by atoms with E-state index in [1.807, 2.05) is 20.8 Å². The van der Waals surface area contributed by atoms with Crippen LogP contribution in [0.1, 0.15) is 132 Å². The molecule has 8 nitrogen and oxygen atoms in total. The number of rotatable bonds is 19. The lowest BCUT2D eigenvalue weighted by atomic mass is 9.47. The normalized spacial score (nSPS) is 31.3. The molecule has 0 spiro atoms. The lowest BCUT2D eigenvalue weighted by Gasteiger charge is -2.58. The maximum absolute atomic E-state index is 12.5. The number of allylic oxidation sites excluding steroid dienone is 1. The predicted octanol–water partition coefficient (Wildman–Crippen LogP) is 9.15. The molecule has 0 unspecified atom stereocenters. The van der Waals surface area contributed by atoms with Gasteiger partial charge in [0, 0.05) is 19.4 Å². The average Bonchev–Trinajstić information content (AvgIpc) is 3.39. The van der Waals surface area contributed by atoms with Crippen LogP contribution < -0.4 is 5.32 Å². The van der Waals surface area contributed by atoms with Gasteiger partial charge in [0.15, 0.2) is 0 Å². The topological polar surface area (TPSA) is 92.3 Å². The van der Waals surface area contributed by atoms with Crippen LogP contribution in [0.25, 0.3) is 0 Å². The molecule has 0 aliphatic heterocycles. The van der Waals surface area contributed by atoms with Crippen LogP contribution in [0.3, 0.4) is 0 Å². The Morgan fingerprint density at radius 1 is 0.860 bits per heavy atom. The fourth-order valence-corrected chi connectivity index (χ4v) is 10.5. The summed E-state index contributed by atoms with van der Waals surface area (Å²) in [5.41, 5.74) is 2.25. The van der Waals surface area contributed by atoms with Crippen molar-refractivity contribution in [1.29, 1.82) is 0 Å². The molecule has 4 aliphatic rings. The Balaban J connectivity index is 1.07. The van der Waals surface area contributed by atoms with E-state index in [9.17, 15) is 9.59 Å². The Morgan fingerprint density at radius 2 is 1.54 bits per heavy atom. The third-order valence-corrected chi connectivity index (χ3v) is 13.0. The van der Waals surface area contributed by atoms with E-state index in [1.54, 1.807) is 0 Å². The third kappa shape index (κ3) is 11.4. The van der Waals surface area contributed by atoms with Crippen molar-refractivity contribution in [2.45, 2.75) is 139 Å². The van der Waals surface area contributed by atoms with Crippen molar-refractivity contribution in [3.8, 4) is 0 Å². The van der Waals surface area contributed by atoms with Crippen LogP contribution in [0.15, 0.2) is 11.6 Å². The zero-order chi connectivity index (χ0) is 36.4. The van der Waals surface area contributed by atoms with E-state index in [-0.39, 0.29) is 29.4 Å². The standard InChI is InChI=1S/C42H73NO7/c1-30(2)10-9-11-31(3)35-14-15-36-34-13-12-32-28-33(16-18-41(32,7)37(34)17-19-42(35,36)8)50-39(45)49-27-26-48-25-24-47-23-22-46-21-20-43-38(44)29-40(4,5)6/h12,30-31,33-37H,9-11,13-29H2,1-8H3,(H,43,44)/t31-,33+,34+,35-,36+,37+,41+,42-/m1/s1. The molecule has 0 aromatic heterocycles. The fraction of sp³-hybridized carbons (Fsp3) is 0.905. The summed E-state index contributed by atoms with van der Waals surface area (Å²) < 4.78 is 27.7. The van der Waals surface area contributed by atoms with E-state index < -0.39 is 6.16 Å². The van der Waals surface area contributed by atoms with E-state index in [0.29, 0.717) is 58.0 Å². The van der Waals surface area contributed by atoms with Gasteiger partial charge in [-0.15, -0.1) is 0 Å². The first-order valence-corrected chi connectivity index (χ1v) is 20.3. The molecule has 0 bridgehead atoms. The number of carbonyl (C=O) groups is 2. The van der Waals surface area contributed by atoms with Crippen LogP contribution in [0, 0.1) is 51.8 Å². The second-order valence-corrected chi connectivity index (χ2v) is 18.3. The second kappa shape index (κ2) is 18.9. The van der Waals surface area contributed by atoms with E-state index in [0.717, 1.165) is 54.8 Å². The number of hydrogen-bond donors (Lipinski definition) is 1. The van der Waals surface area contributed by atoms with Gasteiger partial charge < -0.3 is 29.0 Å². The zero-order valence-electron chi connectivity index (χ0n) is 33.1. The number of ether oxygens (including phenoxy) is 5. The largest absolute Gasteiger partial charge is 0.508 e. The Hall–Kier alpha value is -1.64. The minimum atomic E-state index is -0.590. The van der Waals surface area contributed by atoms with Gasteiger partial charge in [-0.3, -0.25) is 4.79 Å². The summed E-state index contributed by atoms with van der Waals surface area (Å²) in [4.78, 5) is 24.3. The molecule has 50 heavy (non-hydrogen) atoms. The molecule has 1 amide bonds. The lowest BCUT2D eigenvalue weighted by molar-refractivity contribution is -0.123. The minimum Gasteiger partial charge on any atom is -0.432 e. The molecule has 3 fully saturated rings. The second-order valence-electron chi connectivity index (χ2n) is 18.3. The molecular weight excluding hydrogens is 630 g/mol. The smallest absolute Gasteiger partial charge is 0.432 e. The number of carbonyl (C=O) groups excluding carboxylic acids is 2. The Bertz CT molecular complexity index is 1100. The summed E-state index contributed by atoms with van der Waals surface area (Å²) in [5.74, 6) is 5.00. The monoisotopic (exact) mass is 704 g/mol. The molecule has 288 valence electrons. The average molecular weight is 704 g/mol. The van der Waals surface area contributed by atoms with Gasteiger partial charge >= 0.3 is 6.16 Å². The lowest BCUT2D eigenvalue weighted by Crippen LogP contribution is -2.51. The fourth-order valence-electron chi connectivity index (χ4n) is 10.5. The number of amides is 1. The molecule has 4 aliphatic carbocycles. The Morgan fingerprint density at radius 3 is 2.22 bits per heavy atom. The van der Waals surface area contributed by atoms with E-state index in [4.69, 9.17) is 23.7 Å². The highest BCUT2D eigenvalue weighted by molar-refractivity contribution is 5.76. The number of hydrogen-bond acceptors (Lipinski definition) is 7.